The first-order chi connectivity index (χ1) is 9.08. The van der Waals surface area contributed by atoms with Gasteiger partial charge in [-0.3, -0.25) is 0 Å². The molecule has 2 atom stereocenters. The molecular formula is C14H29NO4Si. The van der Waals surface area contributed by atoms with Gasteiger partial charge in [-0.15, -0.1) is 0 Å². The Balaban J connectivity index is 2.54. The number of hydrogen-bond donors (Lipinski definition) is 2. The van der Waals surface area contributed by atoms with Crippen LogP contribution in [-0.2, 0) is 4.43 Å². The number of aliphatic hydroxyl groups excluding tert-OH is 1. The van der Waals surface area contributed by atoms with Crippen LogP contribution in [0.4, 0.5) is 4.79 Å². The van der Waals surface area contributed by atoms with E-state index in [1.54, 1.807) is 0 Å². The van der Waals surface area contributed by atoms with Gasteiger partial charge in [0.2, 0.25) is 0 Å². The monoisotopic (exact) mass is 303 g/mol. The second kappa shape index (κ2) is 6.45. The molecule has 2 unspecified atom stereocenters. The smallest absolute Gasteiger partial charge is 0.407 e. The largest absolute Gasteiger partial charge is 0.465 e. The summed E-state index contributed by atoms with van der Waals surface area (Å²) in [5, 5.41) is 18.6. The van der Waals surface area contributed by atoms with Gasteiger partial charge < -0.3 is 19.5 Å². The van der Waals surface area contributed by atoms with Crippen LogP contribution in [0.2, 0.25) is 18.1 Å². The van der Waals surface area contributed by atoms with E-state index in [-0.39, 0.29) is 17.7 Å². The first-order valence-electron chi connectivity index (χ1n) is 7.33. The maximum atomic E-state index is 11.1. The van der Waals surface area contributed by atoms with Crippen molar-refractivity contribution in [2.45, 2.75) is 57.8 Å². The van der Waals surface area contributed by atoms with Gasteiger partial charge in [0.25, 0.3) is 0 Å². The van der Waals surface area contributed by atoms with Crippen LogP contribution in [0.25, 0.3) is 0 Å². The number of rotatable bonds is 4. The maximum absolute atomic E-state index is 11.1. The van der Waals surface area contributed by atoms with Gasteiger partial charge in [0.15, 0.2) is 8.32 Å². The minimum Gasteiger partial charge on any atom is -0.465 e. The second-order valence-corrected chi connectivity index (χ2v) is 12.1. The van der Waals surface area contributed by atoms with Gasteiger partial charge in [-0.1, -0.05) is 20.8 Å². The average molecular weight is 303 g/mol. The Morgan fingerprint density at radius 2 is 2.00 bits per heavy atom. The van der Waals surface area contributed by atoms with E-state index in [9.17, 15) is 9.90 Å². The van der Waals surface area contributed by atoms with E-state index >= 15 is 0 Å². The Hall–Kier alpha value is -0.593. The number of piperidine rings is 1. The van der Waals surface area contributed by atoms with Crippen LogP contribution in [0.1, 0.15) is 33.6 Å². The van der Waals surface area contributed by atoms with E-state index in [2.05, 4.69) is 33.9 Å². The molecule has 6 heteroatoms. The highest BCUT2D eigenvalue weighted by atomic mass is 28.4. The average Bonchev–Trinajstić information content (AvgIpc) is 2.34. The van der Waals surface area contributed by atoms with Gasteiger partial charge in [-0.05, 0) is 36.9 Å². The number of nitrogens with zero attached hydrogens (tertiary/aromatic N) is 1. The van der Waals surface area contributed by atoms with Crippen LogP contribution in [0, 0.1) is 5.92 Å². The van der Waals surface area contributed by atoms with Crippen molar-refractivity contribution in [3.05, 3.63) is 0 Å². The Kier molecular flexibility index (Phi) is 5.63. The summed E-state index contributed by atoms with van der Waals surface area (Å²) in [5.41, 5.74) is 0. The zero-order valence-electron chi connectivity index (χ0n) is 13.3. The van der Waals surface area contributed by atoms with Crippen molar-refractivity contribution >= 4 is 14.4 Å². The molecule has 1 amide bonds. The quantitative estimate of drug-likeness (QED) is 0.784. The van der Waals surface area contributed by atoms with E-state index in [0.29, 0.717) is 25.5 Å². The standard InChI is InChI=1S/C14H29NO4Si/c1-14(2,3)20(4,5)19-10-11-6-7-15(13(17)18)12(8-11)9-16/h11-12,16H,6-10H2,1-5H3,(H,17,18). The summed E-state index contributed by atoms with van der Waals surface area (Å²) in [5.74, 6) is 0.344. The molecule has 20 heavy (non-hydrogen) atoms. The predicted octanol–water partition coefficient (Wildman–Crippen LogP) is 2.76. The van der Waals surface area contributed by atoms with Gasteiger partial charge in [0.1, 0.15) is 0 Å². The predicted molar refractivity (Wildman–Crippen MR) is 81.5 cm³/mol. The van der Waals surface area contributed by atoms with Crippen LogP contribution >= 0.6 is 0 Å². The van der Waals surface area contributed by atoms with Gasteiger partial charge in [-0.25, -0.2) is 4.79 Å². The van der Waals surface area contributed by atoms with Gasteiger partial charge >= 0.3 is 6.09 Å². The van der Waals surface area contributed by atoms with Crippen molar-refractivity contribution in [3.63, 3.8) is 0 Å². The molecule has 2 N–H and O–H groups in total. The summed E-state index contributed by atoms with van der Waals surface area (Å²) in [4.78, 5) is 12.4. The lowest BCUT2D eigenvalue weighted by Crippen LogP contribution is -2.49. The number of hydrogen-bond acceptors (Lipinski definition) is 3. The Labute approximate surface area is 123 Å². The van der Waals surface area contributed by atoms with Crippen molar-refractivity contribution in [1.82, 2.24) is 4.90 Å². The highest BCUT2D eigenvalue weighted by molar-refractivity contribution is 6.74. The van der Waals surface area contributed by atoms with Crippen LogP contribution in [0.5, 0.6) is 0 Å². The minimum absolute atomic E-state index is 0.108. The van der Waals surface area contributed by atoms with E-state index in [1.807, 2.05) is 0 Å². The molecule has 0 bridgehead atoms. The Morgan fingerprint density at radius 1 is 1.40 bits per heavy atom. The third kappa shape index (κ3) is 4.20. The van der Waals surface area contributed by atoms with Crippen molar-refractivity contribution in [1.29, 1.82) is 0 Å². The number of carbonyl (C=O) groups is 1. The zero-order chi connectivity index (χ0) is 15.6. The lowest BCUT2D eigenvalue weighted by molar-refractivity contribution is 0.0481. The molecule has 0 aromatic rings. The molecule has 0 spiro atoms. The number of amides is 1. The molecule has 5 nitrogen and oxygen atoms in total. The second-order valence-electron chi connectivity index (χ2n) is 7.27. The SMILES string of the molecule is CC(C)(C)[Si](C)(C)OCC1CCN(C(=O)O)C(CO)C1. The Morgan fingerprint density at radius 3 is 2.45 bits per heavy atom. The summed E-state index contributed by atoms with van der Waals surface area (Å²) in [6, 6.07) is -0.283. The summed E-state index contributed by atoms with van der Waals surface area (Å²) >= 11 is 0. The minimum atomic E-state index is -1.75. The highest BCUT2D eigenvalue weighted by Crippen LogP contribution is 2.37. The van der Waals surface area contributed by atoms with Crippen LogP contribution in [0.15, 0.2) is 0 Å². The van der Waals surface area contributed by atoms with Crippen LogP contribution in [-0.4, -0.2) is 55.3 Å². The maximum Gasteiger partial charge on any atom is 0.407 e. The zero-order valence-corrected chi connectivity index (χ0v) is 14.3. The topological polar surface area (TPSA) is 70.0 Å². The lowest BCUT2D eigenvalue weighted by Gasteiger charge is -2.40. The number of carboxylic acid groups (broad SMARTS) is 1. The first kappa shape index (κ1) is 17.5. The van der Waals surface area contributed by atoms with Gasteiger partial charge in [0.05, 0.1) is 12.6 Å². The lowest BCUT2D eigenvalue weighted by atomic mass is 9.92. The van der Waals surface area contributed by atoms with E-state index in [4.69, 9.17) is 9.53 Å². The summed E-state index contributed by atoms with van der Waals surface area (Å²) in [6.45, 7) is 12.1. The van der Waals surface area contributed by atoms with Crippen molar-refractivity contribution in [2.24, 2.45) is 5.92 Å². The molecule has 1 aliphatic heterocycles. The molecule has 0 radical (unpaired) electrons. The van der Waals surface area contributed by atoms with E-state index in [1.165, 1.54) is 4.90 Å². The first-order valence-corrected chi connectivity index (χ1v) is 10.2. The summed E-state index contributed by atoms with van der Waals surface area (Å²) < 4.78 is 6.21. The molecule has 0 saturated carbocycles. The fourth-order valence-electron chi connectivity index (χ4n) is 2.25. The molecule has 1 saturated heterocycles. The van der Waals surface area contributed by atoms with Crippen molar-refractivity contribution < 1.29 is 19.4 Å². The van der Waals surface area contributed by atoms with Gasteiger partial charge in [0, 0.05) is 13.2 Å². The molecule has 0 aromatic carbocycles. The number of likely N-dealkylation sites (tertiary alicyclic amines) is 1. The summed E-state index contributed by atoms with van der Waals surface area (Å²) in [7, 11) is -1.75. The third-order valence-electron chi connectivity index (χ3n) is 4.77. The molecule has 1 heterocycles. The van der Waals surface area contributed by atoms with Crippen molar-refractivity contribution in [3.8, 4) is 0 Å². The molecule has 1 aliphatic rings. The number of aliphatic hydroxyl groups is 1. The Bertz CT molecular complexity index is 341. The third-order valence-corrected chi connectivity index (χ3v) is 9.27. The van der Waals surface area contributed by atoms with Crippen LogP contribution in [0.3, 0.4) is 0 Å². The van der Waals surface area contributed by atoms with E-state index < -0.39 is 14.4 Å². The van der Waals surface area contributed by atoms with Gasteiger partial charge in [-0.2, -0.15) is 0 Å². The molecular weight excluding hydrogens is 274 g/mol. The molecule has 118 valence electrons. The van der Waals surface area contributed by atoms with E-state index in [0.717, 1.165) is 6.42 Å². The molecule has 0 aliphatic carbocycles. The summed E-state index contributed by atoms with van der Waals surface area (Å²) in [6.07, 6.45) is 0.572. The highest BCUT2D eigenvalue weighted by Gasteiger charge is 2.38. The fourth-order valence-corrected chi connectivity index (χ4v) is 3.34. The molecule has 1 rings (SSSR count). The molecule has 1 fully saturated rings. The normalized spacial score (nSPS) is 24.8. The van der Waals surface area contributed by atoms with Crippen LogP contribution < -0.4 is 0 Å². The molecule has 0 aromatic heterocycles. The fraction of sp³-hybridized carbons (Fsp3) is 0.929. The van der Waals surface area contributed by atoms with Crippen molar-refractivity contribution in [2.75, 3.05) is 19.8 Å².